The molecule has 0 spiro atoms. The Morgan fingerprint density at radius 1 is 1.50 bits per heavy atom. The molecule has 1 aromatic rings. The van der Waals surface area contributed by atoms with Gasteiger partial charge in [-0.1, -0.05) is 12.1 Å². The Morgan fingerprint density at radius 2 is 2.21 bits per heavy atom. The summed E-state index contributed by atoms with van der Waals surface area (Å²) in [6.07, 6.45) is 0.538. The third-order valence-corrected chi connectivity index (χ3v) is 2.43. The molecule has 4 heteroatoms. The van der Waals surface area contributed by atoms with Gasteiger partial charge in [-0.3, -0.25) is 9.44 Å². The predicted octanol–water partition coefficient (Wildman–Crippen LogP) is 1.75. The maximum absolute atomic E-state index is 12.2. The molecule has 4 nitrogen and oxygen atoms in total. The molecule has 72 valence electrons. The van der Waals surface area contributed by atoms with Crippen LogP contribution in [0.5, 0.6) is 0 Å². The molecule has 1 aliphatic heterocycles. The molecule has 0 radical (unpaired) electrons. The molecule has 0 aliphatic carbocycles. The highest BCUT2D eigenvalue weighted by molar-refractivity contribution is 6.34. The van der Waals surface area contributed by atoms with Gasteiger partial charge in [0.15, 0.2) is 5.69 Å². The van der Waals surface area contributed by atoms with Crippen molar-refractivity contribution in [3.63, 3.8) is 0 Å². The molecule has 0 saturated heterocycles. The SMILES string of the molecule is CC[N+]1([O-])C(C=O)=Nc2ccccc21. The fourth-order valence-corrected chi connectivity index (χ4v) is 1.64. The molecule has 0 saturated carbocycles. The third kappa shape index (κ3) is 1.01. The number of amidine groups is 1. The highest BCUT2D eigenvalue weighted by atomic mass is 16.6. The van der Waals surface area contributed by atoms with Crippen molar-refractivity contribution in [2.45, 2.75) is 6.92 Å². The average molecular weight is 190 g/mol. The molecule has 1 unspecified atom stereocenters. The average Bonchev–Trinajstić information content (AvgIpc) is 2.53. The standard InChI is InChI=1S/C10H10N2O2/c1-2-12(14)9-6-4-3-5-8(9)11-10(12)7-13/h3-7H,2H2,1H3. The molecule has 2 rings (SSSR count). The molecule has 14 heavy (non-hydrogen) atoms. The van der Waals surface area contributed by atoms with E-state index < -0.39 is 4.65 Å². The van der Waals surface area contributed by atoms with Crippen molar-refractivity contribution < 1.29 is 4.79 Å². The zero-order valence-electron chi connectivity index (χ0n) is 7.80. The number of carbonyl (C=O) groups excluding carboxylic acids is 1. The summed E-state index contributed by atoms with van der Waals surface area (Å²) >= 11 is 0. The van der Waals surface area contributed by atoms with E-state index in [0.29, 0.717) is 17.7 Å². The molecule has 0 bridgehead atoms. The lowest BCUT2D eigenvalue weighted by Gasteiger charge is -2.35. The van der Waals surface area contributed by atoms with E-state index in [0.717, 1.165) is 0 Å². The Morgan fingerprint density at radius 3 is 2.86 bits per heavy atom. The summed E-state index contributed by atoms with van der Waals surface area (Å²) < 4.78 is -0.736. The van der Waals surface area contributed by atoms with Gasteiger partial charge in [0, 0.05) is 6.07 Å². The van der Waals surface area contributed by atoms with Crippen LogP contribution in [0.25, 0.3) is 0 Å². The quantitative estimate of drug-likeness (QED) is 0.405. The summed E-state index contributed by atoms with van der Waals surface area (Å²) in [5.74, 6) is 0.0358. The van der Waals surface area contributed by atoms with Gasteiger partial charge in [0.05, 0.1) is 6.54 Å². The number of hydroxylamine groups is 2. The van der Waals surface area contributed by atoms with Crippen LogP contribution in [-0.2, 0) is 4.79 Å². The van der Waals surface area contributed by atoms with Gasteiger partial charge >= 0.3 is 0 Å². The van der Waals surface area contributed by atoms with E-state index in [2.05, 4.69) is 4.99 Å². The number of likely N-dealkylation sites (N-methyl/N-ethyl adjacent to an activating group) is 1. The van der Waals surface area contributed by atoms with Crippen LogP contribution in [0.4, 0.5) is 11.4 Å². The lowest BCUT2D eigenvalue weighted by atomic mass is 10.2. The van der Waals surface area contributed by atoms with Gasteiger partial charge in [-0.2, -0.15) is 4.99 Å². The van der Waals surface area contributed by atoms with Crippen molar-refractivity contribution in [2.24, 2.45) is 4.99 Å². The minimum absolute atomic E-state index is 0.0358. The van der Waals surface area contributed by atoms with Gasteiger partial charge in [0.25, 0.3) is 5.84 Å². The smallest absolute Gasteiger partial charge is 0.274 e. The Balaban J connectivity index is 2.62. The van der Waals surface area contributed by atoms with Crippen molar-refractivity contribution in [3.8, 4) is 0 Å². The molecular weight excluding hydrogens is 180 g/mol. The second-order valence-electron chi connectivity index (χ2n) is 3.13. The normalized spacial score (nSPS) is 24.3. The second-order valence-corrected chi connectivity index (χ2v) is 3.13. The zero-order valence-corrected chi connectivity index (χ0v) is 7.80. The van der Waals surface area contributed by atoms with Crippen LogP contribution in [0.2, 0.25) is 0 Å². The van der Waals surface area contributed by atoms with E-state index in [1.165, 1.54) is 0 Å². The van der Waals surface area contributed by atoms with E-state index in [4.69, 9.17) is 0 Å². The number of aliphatic imine (C=N–C) groups is 1. The summed E-state index contributed by atoms with van der Waals surface area (Å²) in [6.45, 7) is 2.03. The van der Waals surface area contributed by atoms with Crippen LogP contribution in [0, 0.1) is 5.21 Å². The first-order valence-corrected chi connectivity index (χ1v) is 4.45. The van der Waals surface area contributed by atoms with Crippen molar-refractivity contribution in [3.05, 3.63) is 29.5 Å². The monoisotopic (exact) mass is 190 g/mol. The van der Waals surface area contributed by atoms with Crippen molar-refractivity contribution >= 4 is 23.5 Å². The number of hydrogen-bond donors (Lipinski definition) is 0. The van der Waals surface area contributed by atoms with Crippen molar-refractivity contribution in [1.82, 2.24) is 4.65 Å². The molecular formula is C10H10N2O2. The fraction of sp³-hybridized carbons (Fsp3) is 0.200. The number of para-hydroxylation sites is 2. The molecule has 0 fully saturated rings. The molecule has 1 atom stereocenters. The summed E-state index contributed by atoms with van der Waals surface area (Å²) in [4.78, 5) is 14.7. The number of benzene rings is 1. The topological polar surface area (TPSA) is 52.5 Å². The van der Waals surface area contributed by atoms with Crippen LogP contribution in [0.3, 0.4) is 0 Å². The van der Waals surface area contributed by atoms with Gasteiger partial charge in [-0.25, -0.2) is 0 Å². The van der Waals surface area contributed by atoms with E-state index in [1.54, 1.807) is 31.2 Å². The minimum Gasteiger partial charge on any atom is -0.621 e. The van der Waals surface area contributed by atoms with Crippen molar-refractivity contribution in [1.29, 1.82) is 0 Å². The highest BCUT2D eigenvalue weighted by Gasteiger charge is 2.34. The Labute approximate surface area is 81.7 Å². The molecule has 1 aromatic carbocycles. The Kier molecular flexibility index (Phi) is 1.94. The Hall–Kier alpha value is -1.52. The van der Waals surface area contributed by atoms with Gasteiger partial charge in [0.1, 0.15) is 5.69 Å². The van der Waals surface area contributed by atoms with Gasteiger partial charge in [0.2, 0.25) is 6.29 Å². The number of quaternary nitrogens is 1. The minimum atomic E-state index is -0.736. The molecule has 1 heterocycles. The highest BCUT2D eigenvalue weighted by Crippen LogP contribution is 2.38. The first-order valence-electron chi connectivity index (χ1n) is 4.45. The number of carbonyl (C=O) groups is 1. The lowest BCUT2D eigenvalue weighted by Crippen LogP contribution is -2.47. The molecule has 0 amide bonds. The van der Waals surface area contributed by atoms with Crippen LogP contribution >= 0.6 is 0 Å². The van der Waals surface area contributed by atoms with Crippen LogP contribution < -0.4 is 4.65 Å². The Bertz CT molecular complexity index is 414. The third-order valence-electron chi connectivity index (χ3n) is 2.43. The first kappa shape index (κ1) is 9.05. The van der Waals surface area contributed by atoms with Gasteiger partial charge in [-0.05, 0) is 13.0 Å². The predicted molar refractivity (Wildman–Crippen MR) is 55.3 cm³/mol. The largest absolute Gasteiger partial charge is 0.621 e. The number of rotatable bonds is 2. The van der Waals surface area contributed by atoms with E-state index in [9.17, 15) is 10.0 Å². The number of fused-ring (bicyclic) bond motifs is 1. The van der Waals surface area contributed by atoms with Gasteiger partial charge in [-0.15, -0.1) is 0 Å². The number of hydrogen-bond acceptors (Lipinski definition) is 3. The van der Waals surface area contributed by atoms with Gasteiger partial charge < -0.3 is 5.21 Å². The van der Waals surface area contributed by atoms with Crippen molar-refractivity contribution in [2.75, 3.05) is 6.54 Å². The molecule has 0 aromatic heterocycles. The zero-order chi connectivity index (χ0) is 10.2. The van der Waals surface area contributed by atoms with Crippen LogP contribution in [0.1, 0.15) is 6.92 Å². The van der Waals surface area contributed by atoms with Crippen LogP contribution in [0.15, 0.2) is 29.3 Å². The van der Waals surface area contributed by atoms with Crippen LogP contribution in [-0.4, -0.2) is 18.7 Å². The number of aldehydes is 1. The molecule has 1 aliphatic rings. The fourth-order valence-electron chi connectivity index (χ4n) is 1.64. The van der Waals surface area contributed by atoms with E-state index in [-0.39, 0.29) is 12.4 Å². The summed E-state index contributed by atoms with van der Waals surface area (Å²) in [6, 6.07) is 7.04. The maximum Gasteiger partial charge on any atom is 0.274 e. The lowest BCUT2D eigenvalue weighted by molar-refractivity contribution is -0.103. The molecule has 0 N–H and O–H groups in total. The van der Waals surface area contributed by atoms with E-state index >= 15 is 0 Å². The summed E-state index contributed by atoms with van der Waals surface area (Å²) in [7, 11) is 0. The van der Waals surface area contributed by atoms with E-state index in [1.807, 2.05) is 0 Å². The second kappa shape index (κ2) is 3.01. The number of nitrogens with zero attached hydrogens (tertiary/aromatic N) is 2. The summed E-state index contributed by atoms with van der Waals surface area (Å²) in [5, 5.41) is 12.2. The first-order chi connectivity index (χ1) is 6.72. The maximum atomic E-state index is 12.2. The summed E-state index contributed by atoms with van der Waals surface area (Å²) in [5.41, 5.74) is 1.16.